The van der Waals surface area contributed by atoms with Crippen molar-refractivity contribution in [3.8, 4) is 0 Å². The molecule has 3 rings (SSSR count). The van der Waals surface area contributed by atoms with Crippen LogP contribution in [-0.2, 0) is 14.8 Å². The van der Waals surface area contributed by atoms with Gasteiger partial charge in [0.25, 0.3) is 15.9 Å². The van der Waals surface area contributed by atoms with E-state index in [0.29, 0.717) is 5.69 Å². The molecule has 1 N–H and O–H groups in total. The van der Waals surface area contributed by atoms with Gasteiger partial charge in [-0.2, -0.15) is 5.10 Å². The predicted molar refractivity (Wildman–Crippen MR) is 122 cm³/mol. The van der Waals surface area contributed by atoms with Gasteiger partial charge in [-0.25, -0.2) is 13.8 Å². The van der Waals surface area contributed by atoms with Crippen molar-refractivity contribution in [2.24, 2.45) is 5.10 Å². The van der Waals surface area contributed by atoms with Gasteiger partial charge in [0, 0.05) is 12.4 Å². The van der Waals surface area contributed by atoms with Gasteiger partial charge in [0.1, 0.15) is 6.54 Å². The third-order valence-electron chi connectivity index (χ3n) is 4.64. The van der Waals surface area contributed by atoms with Gasteiger partial charge in [-0.1, -0.05) is 29.8 Å². The summed E-state index contributed by atoms with van der Waals surface area (Å²) in [6, 6.07) is 15.5. The highest BCUT2D eigenvalue weighted by molar-refractivity contribution is 7.92. The number of rotatable bonds is 7. The molecule has 0 radical (unpaired) electrons. The van der Waals surface area contributed by atoms with Crippen molar-refractivity contribution in [2.75, 3.05) is 10.8 Å². The van der Waals surface area contributed by atoms with Gasteiger partial charge in [0.15, 0.2) is 0 Å². The number of benzene rings is 2. The van der Waals surface area contributed by atoms with Crippen LogP contribution < -0.4 is 9.73 Å². The predicted octanol–water partition coefficient (Wildman–Crippen LogP) is 3.35. The molecule has 7 nitrogen and oxygen atoms in total. The molecule has 8 heteroatoms. The largest absolute Gasteiger partial charge is 0.271 e. The fraction of sp³-hybridized carbons (Fsp3) is 0.174. The molecule has 1 aromatic heterocycles. The zero-order valence-corrected chi connectivity index (χ0v) is 18.4. The summed E-state index contributed by atoms with van der Waals surface area (Å²) in [6.45, 7) is 5.16. The van der Waals surface area contributed by atoms with E-state index in [1.807, 2.05) is 32.9 Å². The van der Waals surface area contributed by atoms with Crippen LogP contribution in [0.3, 0.4) is 0 Å². The van der Waals surface area contributed by atoms with Crippen LogP contribution in [-0.4, -0.2) is 32.1 Å². The molecule has 31 heavy (non-hydrogen) atoms. The van der Waals surface area contributed by atoms with E-state index in [1.54, 1.807) is 54.9 Å². The van der Waals surface area contributed by atoms with Gasteiger partial charge in [-0.15, -0.1) is 0 Å². The first-order valence-corrected chi connectivity index (χ1v) is 11.1. The van der Waals surface area contributed by atoms with Gasteiger partial charge in [0.2, 0.25) is 0 Å². The molecule has 2 aromatic carbocycles. The Morgan fingerprint density at radius 3 is 2.32 bits per heavy atom. The molecule has 0 spiro atoms. The number of amides is 1. The number of sulfonamides is 1. The highest BCUT2D eigenvalue weighted by atomic mass is 32.2. The van der Waals surface area contributed by atoms with Gasteiger partial charge in [0.05, 0.1) is 16.8 Å². The van der Waals surface area contributed by atoms with Crippen LogP contribution in [0.4, 0.5) is 5.69 Å². The molecule has 0 unspecified atom stereocenters. The fourth-order valence-electron chi connectivity index (χ4n) is 2.92. The Balaban J connectivity index is 1.90. The van der Waals surface area contributed by atoms with Gasteiger partial charge in [-0.05, 0) is 67.8 Å². The number of hydrogen-bond donors (Lipinski definition) is 1. The van der Waals surface area contributed by atoms with Crippen LogP contribution in [0.25, 0.3) is 0 Å². The molecule has 0 saturated heterocycles. The van der Waals surface area contributed by atoms with Gasteiger partial charge >= 0.3 is 0 Å². The summed E-state index contributed by atoms with van der Waals surface area (Å²) in [5.41, 5.74) is 6.19. The third kappa shape index (κ3) is 5.55. The number of nitrogens with one attached hydrogen (secondary N) is 1. The summed E-state index contributed by atoms with van der Waals surface area (Å²) in [5, 5.41) is 3.92. The SMILES string of the molecule is Cc1ccc(S(=O)(=O)N(CC(=O)N/N=C\c2ccncc2)c2cc(C)ccc2C)cc1. The van der Waals surface area contributed by atoms with Crippen molar-refractivity contribution in [2.45, 2.75) is 25.7 Å². The molecule has 160 valence electrons. The van der Waals surface area contributed by atoms with Crippen molar-refractivity contribution in [1.29, 1.82) is 0 Å². The minimum atomic E-state index is -3.97. The van der Waals surface area contributed by atoms with E-state index >= 15 is 0 Å². The van der Waals surface area contributed by atoms with E-state index < -0.39 is 22.5 Å². The zero-order chi connectivity index (χ0) is 22.4. The van der Waals surface area contributed by atoms with Crippen molar-refractivity contribution >= 4 is 27.8 Å². The van der Waals surface area contributed by atoms with Gasteiger partial charge in [-0.3, -0.25) is 14.1 Å². The Kier molecular flexibility index (Phi) is 6.81. The van der Waals surface area contributed by atoms with Crippen LogP contribution in [0.2, 0.25) is 0 Å². The number of anilines is 1. The molecule has 1 amide bonds. The Bertz CT molecular complexity index is 1190. The van der Waals surface area contributed by atoms with Crippen LogP contribution >= 0.6 is 0 Å². The maximum Gasteiger partial charge on any atom is 0.264 e. The summed E-state index contributed by atoms with van der Waals surface area (Å²) < 4.78 is 28.0. The second-order valence-corrected chi connectivity index (χ2v) is 9.05. The van der Waals surface area contributed by atoms with E-state index in [-0.39, 0.29) is 4.90 Å². The van der Waals surface area contributed by atoms with E-state index in [4.69, 9.17) is 0 Å². The zero-order valence-electron chi connectivity index (χ0n) is 17.6. The smallest absolute Gasteiger partial charge is 0.264 e. The molecule has 0 saturated carbocycles. The summed E-state index contributed by atoms with van der Waals surface area (Å²) >= 11 is 0. The Morgan fingerprint density at radius 1 is 1.00 bits per heavy atom. The third-order valence-corrected chi connectivity index (χ3v) is 6.41. The number of hydrogen-bond acceptors (Lipinski definition) is 5. The van der Waals surface area contributed by atoms with Crippen molar-refractivity contribution in [1.82, 2.24) is 10.4 Å². The number of aromatic nitrogens is 1. The highest BCUT2D eigenvalue weighted by Crippen LogP contribution is 2.28. The molecule has 3 aromatic rings. The minimum absolute atomic E-state index is 0.118. The first kappa shape index (κ1) is 22.2. The second kappa shape index (κ2) is 9.53. The number of carbonyl (C=O) groups is 1. The van der Waals surface area contributed by atoms with Crippen LogP contribution in [0.15, 0.2) is 77.0 Å². The van der Waals surface area contributed by atoms with Crippen LogP contribution in [0, 0.1) is 20.8 Å². The minimum Gasteiger partial charge on any atom is -0.271 e. The molecule has 0 aliphatic rings. The lowest BCUT2D eigenvalue weighted by molar-refractivity contribution is -0.119. The normalized spacial score (nSPS) is 11.5. The summed E-state index contributed by atoms with van der Waals surface area (Å²) in [6.07, 6.45) is 4.69. The van der Waals surface area contributed by atoms with Crippen LogP contribution in [0.1, 0.15) is 22.3 Å². The Morgan fingerprint density at radius 2 is 1.65 bits per heavy atom. The molecule has 0 fully saturated rings. The first-order valence-electron chi connectivity index (χ1n) is 9.66. The molecular formula is C23H24N4O3S. The molecule has 0 aliphatic carbocycles. The Labute approximate surface area is 182 Å². The maximum absolute atomic E-state index is 13.4. The Hall–Kier alpha value is -3.52. The number of pyridine rings is 1. The molecule has 0 atom stereocenters. The fourth-order valence-corrected chi connectivity index (χ4v) is 4.40. The molecule has 0 bridgehead atoms. The van der Waals surface area contributed by atoms with E-state index in [9.17, 15) is 13.2 Å². The molecule has 0 aliphatic heterocycles. The van der Waals surface area contributed by atoms with E-state index in [1.165, 1.54) is 6.21 Å². The summed E-state index contributed by atoms with van der Waals surface area (Å²) in [5.74, 6) is -0.554. The van der Waals surface area contributed by atoms with Crippen molar-refractivity contribution < 1.29 is 13.2 Å². The van der Waals surface area contributed by atoms with E-state index in [0.717, 1.165) is 26.6 Å². The summed E-state index contributed by atoms with van der Waals surface area (Å²) in [4.78, 5) is 16.6. The molecular weight excluding hydrogens is 412 g/mol. The lowest BCUT2D eigenvalue weighted by Gasteiger charge is -2.25. The van der Waals surface area contributed by atoms with E-state index in [2.05, 4.69) is 15.5 Å². The monoisotopic (exact) mass is 436 g/mol. The number of carbonyl (C=O) groups excluding carboxylic acids is 1. The van der Waals surface area contributed by atoms with Crippen LogP contribution in [0.5, 0.6) is 0 Å². The molecule has 1 heterocycles. The highest BCUT2D eigenvalue weighted by Gasteiger charge is 2.28. The average Bonchev–Trinajstić information content (AvgIpc) is 2.75. The summed E-state index contributed by atoms with van der Waals surface area (Å²) in [7, 11) is -3.97. The van der Waals surface area contributed by atoms with Crippen molar-refractivity contribution in [3.63, 3.8) is 0 Å². The lowest BCUT2D eigenvalue weighted by Crippen LogP contribution is -2.40. The topological polar surface area (TPSA) is 91.7 Å². The number of hydrazone groups is 1. The number of aryl methyl sites for hydroxylation is 3. The first-order chi connectivity index (χ1) is 14.8. The number of nitrogens with zero attached hydrogens (tertiary/aromatic N) is 3. The maximum atomic E-state index is 13.4. The quantitative estimate of drug-likeness (QED) is 0.454. The van der Waals surface area contributed by atoms with Gasteiger partial charge < -0.3 is 0 Å². The average molecular weight is 437 g/mol. The standard InChI is InChI=1S/C23H24N4O3S/c1-17-5-8-21(9-6-17)31(29,30)27(22-14-18(2)4-7-19(22)3)16-23(28)26-25-15-20-10-12-24-13-11-20/h4-15H,16H2,1-3H3,(H,26,28)/b25-15-. The van der Waals surface area contributed by atoms with Crippen molar-refractivity contribution in [3.05, 3.63) is 89.2 Å². The second-order valence-electron chi connectivity index (χ2n) is 7.19. The lowest BCUT2D eigenvalue weighted by atomic mass is 10.1.